The summed E-state index contributed by atoms with van der Waals surface area (Å²) in [6.07, 6.45) is -3.23. The number of hydrogen-bond donors (Lipinski definition) is 1. The fourth-order valence-corrected chi connectivity index (χ4v) is 3.15. The number of aromatic nitrogens is 2. The van der Waals surface area contributed by atoms with Crippen LogP contribution in [0.5, 0.6) is 0 Å². The Morgan fingerprint density at radius 3 is 2.32 bits per heavy atom. The first-order valence-corrected chi connectivity index (χ1v) is 7.71. The Balaban J connectivity index is 2.23. The maximum Gasteiger partial charge on any atom is 0.392 e. The summed E-state index contributed by atoms with van der Waals surface area (Å²) in [6, 6.07) is 10.2. The van der Waals surface area contributed by atoms with Crippen molar-refractivity contribution in [3.05, 3.63) is 53.9 Å². The molecule has 22 heavy (non-hydrogen) atoms. The van der Waals surface area contributed by atoms with Crippen LogP contribution in [0, 0.1) is 5.92 Å². The maximum absolute atomic E-state index is 13.5. The van der Waals surface area contributed by atoms with Crippen molar-refractivity contribution < 1.29 is 13.2 Å². The summed E-state index contributed by atoms with van der Waals surface area (Å²) in [7, 11) is 0. The van der Waals surface area contributed by atoms with Gasteiger partial charge in [0.15, 0.2) is 0 Å². The molecule has 0 amide bonds. The third-order valence-corrected chi connectivity index (χ3v) is 4.38. The molecule has 0 radical (unpaired) electrons. The van der Waals surface area contributed by atoms with Crippen LogP contribution in [0.4, 0.5) is 13.2 Å². The molecule has 0 spiro atoms. The highest BCUT2D eigenvalue weighted by Crippen LogP contribution is 2.44. The molecule has 0 fully saturated rings. The van der Waals surface area contributed by atoms with Crippen LogP contribution in [0.1, 0.15) is 29.0 Å². The number of nitrogens with one attached hydrogen (secondary N) is 1. The molecule has 2 rings (SSSR count). The van der Waals surface area contributed by atoms with Crippen molar-refractivity contribution in [3.63, 3.8) is 0 Å². The van der Waals surface area contributed by atoms with E-state index in [0.29, 0.717) is 11.3 Å². The Hall–Kier alpha value is -1.20. The molecule has 0 aliphatic carbocycles. The average molecular weight is 351 g/mol. The molecule has 1 aromatic carbocycles. The van der Waals surface area contributed by atoms with E-state index in [2.05, 4.69) is 10.2 Å². The van der Waals surface area contributed by atoms with E-state index in [1.807, 2.05) is 0 Å². The molecule has 3 atom stereocenters. The van der Waals surface area contributed by atoms with Crippen molar-refractivity contribution in [1.82, 2.24) is 10.2 Å². The molecule has 1 aromatic heterocycles. The number of halogens is 5. The zero-order valence-electron chi connectivity index (χ0n) is 11.5. The molecular weight excluding hydrogens is 336 g/mol. The molecule has 0 saturated heterocycles. The van der Waals surface area contributed by atoms with E-state index in [1.165, 1.54) is 12.3 Å². The Kier molecular flexibility index (Phi) is 5.75. The molecule has 2 aromatic rings. The third-order valence-electron chi connectivity index (χ3n) is 3.62. The minimum atomic E-state index is -4.40. The quantitative estimate of drug-likeness (QED) is 0.705. The molecule has 2 nitrogen and oxygen atoms in total. The second kappa shape index (κ2) is 7.38. The lowest BCUT2D eigenvalue weighted by atomic mass is 9.85. The molecule has 1 N–H and O–H groups in total. The lowest BCUT2D eigenvalue weighted by molar-refractivity contribution is -0.181. The van der Waals surface area contributed by atoms with E-state index in [0.717, 1.165) is 0 Å². The number of rotatable bonds is 6. The Morgan fingerprint density at radius 1 is 1.14 bits per heavy atom. The van der Waals surface area contributed by atoms with Gasteiger partial charge in [-0.15, -0.1) is 23.2 Å². The standard InChI is InChI=1S/C15H15Cl2F3N2/c16-9-11(14-6-7-21-22-14)12(15(18,19)20)8-13(17)10-4-2-1-3-5-10/h1-7,11-13H,8-9H2,(H,21,22). The van der Waals surface area contributed by atoms with Gasteiger partial charge in [-0.2, -0.15) is 18.3 Å². The van der Waals surface area contributed by atoms with Crippen molar-refractivity contribution >= 4 is 23.2 Å². The maximum atomic E-state index is 13.5. The number of benzene rings is 1. The van der Waals surface area contributed by atoms with E-state index in [1.54, 1.807) is 30.3 Å². The van der Waals surface area contributed by atoms with Crippen molar-refractivity contribution in [3.8, 4) is 0 Å². The van der Waals surface area contributed by atoms with Crippen molar-refractivity contribution in [2.24, 2.45) is 5.92 Å². The number of nitrogens with zero attached hydrogens (tertiary/aromatic N) is 1. The largest absolute Gasteiger partial charge is 0.392 e. The van der Waals surface area contributed by atoms with Gasteiger partial charge in [0.2, 0.25) is 0 Å². The van der Waals surface area contributed by atoms with Crippen LogP contribution in [0.15, 0.2) is 42.6 Å². The Bertz CT molecular complexity index is 558. The molecule has 120 valence electrons. The monoisotopic (exact) mass is 350 g/mol. The highest BCUT2D eigenvalue weighted by Gasteiger charge is 2.46. The van der Waals surface area contributed by atoms with Crippen molar-refractivity contribution in [2.45, 2.75) is 23.9 Å². The van der Waals surface area contributed by atoms with Gasteiger partial charge in [0.1, 0.15) is 0 Å². The van der Waals surface area contributed by atoms with E-state index in [4.69, 9.17) is 23.2 Å². The first kappa shape index (κ1) is 17.2. The van der Waals surface area contributed by atoms with E-state index in [-0.39, 0.29) is 12.3 Å². The van der Waals surface area contributed by atoms with Gasteiger partial charge in [-0.1, -0.05) is 30.3 Å². The van der Waals surface area contributed by atoms with Crippen LogP contribution < -0.4 is 0 Å². The second-order valence-corrected chi connectivity index (χ2v) is 5.87. The molecule has 0 bridgehead atoms. The van der Waals surface area contributed by atoms with E-state index >= 15 is 0 Å². The Morgan fingerprint density at radius 2 is 1.82 bits per heavy atom. The summed E-state index contributed by atoms with van der Waals surface area (Å²) >= 11 is 12.0. The lowest BCUT2D eigenvalue weighted by Gasteiger charge is -2.28. The van der Waals surface area contributed by atoms with Crippen LogP contribution >= 0.6 is 23.2 Å². The summed E-state index contributed by atoms with van der Waals surface area (Å²) in [5, 5.41) is 5.55. The molecule has 0 saturated carbocycles. The fraction of sp³-hybridized carbons (Fsp3) is 0.400. The first-order valence-electron chi connectivity index (χ1n) is 6.74. The minimum absolute atomic E-state index is 0.162. The van der Waals surface area contributed by atoms with Gasteiger partial charge in [0.05, 0.1) is 11.3 Å². The summed E-state index contributed by atoms with van der Waals surface area (Å²) in [5.74, 6) is -2.72. The molecule has 3 unspecified atom stereocenters. The minimum Gasteiger partial charge on any atom is -0.282 e. The van der Waals surface area contributed by atoms with Gasteiger partial charge in [0, 0.05) is 23.7 Å². The van der Waals surface area contributed by atoms with Gasteiger partial charge in [0.25, 0.3) is 0 Å². The molecular formula is C15H15Cl2F3N2. The normalized spacial score (nSPS) is 16.2. The van der Waals surface area contributed by atoms with Gasteiger partial charge in [-0.3, -0.25) is 5.10 Å². The summed E-state index contributed by atoms with van der Waals surface area (Å²) in [4.78, 5) is 0. The molecule has 7 heteroatoms. The van der Waals surface area contributed by atoms with Gasteiger partial charge in [-0.25, -0.2) is 0 Å². The smallest absolute Gasteiger partial charge is 0.282 e. The van der Waals surface area contributed by atoms with Gasteiger partial charge < -0.3 is 0 Å². The van der Waals surface area contributed by atoms with Crippen molar-refractivity contribution in [2.75, 3.05) is 5.88 Å². The molecule has 0 aliphatic heterocycles. The number of hydrogen-bond acceptors (Lipinski definition) is 1. The highest BCUT2D eigenvalue weighted by molar-refractivity contribution is 6.20. The van der Waals surface area contributed by atoms with E-state index < -0.39 is 23.4 Å². The number of H-pyrrole nitrogens is 1. The van der Waals surface area contributed by atoms with Crippen LogP contribution in [0.2, 0.25) is 0 Å². The van der Waals surface area contributed by atoms with Gasteiger partial charge in [-0.05, 0) is 18.1 Å². The predicted molar refractivity (Wildman–Crippen MR) is 81.2 cm³/mol. The van der Waals surface area contributed by atoms with E-state index in [9.17, 15) is 13.2 Å². The molecule has 0 aliphatic rings. The van der Waals surface area contributed by atoms with Crippen LogP contribution in [0.3, 0.4) is 0 Å². The topological polar surface area (TPSA) is 28.7 Å². The zero-order valence-corrected chi connectivity index (χ0v) is 13.0. The fourth-order valence-electron chi connectivity index (χ4n) is 2.43. The van der Waals surface area contributed by atoms with Crippen LogP contribution in [0.25, 0.3) is 0 Å². The second-order valence-electron chi connectivity index (χ2n) is 5.03. The summed E-state index contributed by atoms with van der Waals surface area (Å²) in [5.41, 5.74) is 1.03. The first-order chi connectivity index (χ1) is 10.4. The van der Waals surface area contributed by atoms with Crippen LogP contribution in [-0.2, 0) is 0 Å². The molecule has 1 heterocycles. The van der Waals surface area contributed by atoms with Gasteiger partial charge >= 0.3 is 6.18 Å². The lowest BCUT2D eigenvalue weighted by Crippen LogP contribution is -2.31. The zero-order chi connectivity index (χ0) is 16.2. The SMILES string of the molecule is FC(F)(F)C(CC(Cl)c1ccccc1)C(CCl)c1ccn[nH]1. The van der Waals surface area contributed by atoms with Crippen LogP contribution in [-0.4, -0.2) is 22.3 Å². The number of aromatic amines is 1. The summed E-state index contributed by atoms with van der Waals surface area (Å²) < 4.78 is 40.4. The Labute approximate surface area is 136 Å². The average Bonchev–Trinajstić information content (AvgIpc) is 3.01. The van der Waals surface area contributed by atoms with Crippen molar-refractivity contribution in [1.29, 1.82) is 0 Å². The third kappa shape index (κ3) is 4.17. The predicted octanol–water partition coefficient (Wildman–Crippen LogP) is 5.28. The number of alkyl halides is 5. The highest BCUT2D eigenvalue weighted by atomic mass is 35.5. The summed E-state index contributed by atoms with van der Waals surface area (Å²) in [6.45, 7) is 0.